The van der Waals surface area contributed by atoms with Crippen molar-refractivity contribution in [1.82, 2.24) is 4.90 Å². The van der Waals surface area contributed by atoms with Gasteiger partial charge in [0.05, 0.1) is 12.7 Å². The highest BCUT2D eigenvalue weighted by atomic mass is 16.5. The summed E-state index contributed by atoms with van der Waals surface area (Å²) in [4.78, 5) is 23.7. The third-order valence-electron chi connectivity index (χ3n) is 2.39. The standard InChI is InChI=1S/C11H19NO5/c1-7(8(2)11(15)16)10(14)12(3)5-9(13)6-17-4/h9,13H,5-6H2,1-4H3,(H,15,16). The van der Waals surface area contributed by atoms with Gasteiger partial charge in [0.15, 0.2) is 0 Å². The van der Waals surface area contributed by atoms with Gasteiger partial charge in [0.2, 0.25) is 5.91 Å². The van der Waals surface area contributed by atoms with Gasteiger partial charge in [0.25, 0.3) is 0 Å². The predicted octanol–water partition coefficient (Wildman–Crippen LogP) is -0.127. The predicted molar refractivity (Wildman–Crippen MR) is 61.5 cm³/mol. The van der Waals surface area contributed by atoms with Gasteiger partial charge >= 0.3 is 5.97 Å². The van der Waals surface area contributed by atoms with E-state index in [0.29, 0.717) is 0 Å². The molecule has 0 aromatic heterocycles. The molecule has 0 saturated carbocycles. The highest BCUT2D eigenvalue weighted by Crippen LogP contribution is 2.07. The van der Waals surface area contributed by atoms with Crippen LogP contribution in [0.4, 0.5) is 0 Å². The molecule has 2 N–H and O–H groups in total. The first kappa shape index (κ1) is 15.6. The number of carboxylic acid groups (broad SMARTS) is 1. The molecule has 0 bridgehead atoms. The summed E-state index contributed by atoms with van der Waals surface area (Å²) in [6.45, 7) is 3.04. The lowest BCUT2D eigenvalue weighted by Gasteiger charge is -2.21. The molecule has 0 aliphatic carbocycles. The summed E-state index contributed by atoms with van der Waals surface area (Å²) in [5.74, 6) is -1.54. The van der Waals surface area contributed by atoms with Crippen molar-refractivity contribution in [3.63, 3.8) is 0 Å². The molecule has 0 aromatic carbocycles. The zero-order valence-electron chi connectivity index (χ0n) is 10.6. The van der Waals surface area contributed by atoms with Gasteiger partial charge < -0.3 is 19.8 Å². The van der Waals surface area contributed by atoms with Crippen molar-refractivity contribution in [2.45, 2.75) is 20.0 Å². The highest BCUT2D eigenvalue weighted by molar-refractivity contribution is 6.01. The van der Waals surface area contributed by atoms with Gasteiger partial charge in [-0.3, -0.25) is 4.79 Å². The Bertz CT molecular complexity index is 324. The minimum Gasteiger partial charge on any atom is -0.478 e. The maximum Gasteiger partial charge on any atom is 0.331 e. The Kier molecular flexibility index (Phi) is 6.45. The number of carbonyl (C=O) groups is 2. The first-order chi connectivity index (χ1) is 7.81. The monoisotopic (exact) mass is 245 g/mol. The summed E-state index contributed by atoms with van der Waals surface area (Å²) < 4.78 is 4.74. The molecule has 0 radical (unpaired) electrons. The van der Waals surface area contributed by atoms with Crippen molar-refractivity contribution < 1.29 is 24.5 Å². The largest absolute Gasteiger partial charge is 0.478 e. The van der Waals surface area contributed by atoms with Crippen molar-refractivity contribution in [3.8, 4) is 0 Å². The van der Waals surface area contributed by atoms with Crippen LogP contribution in [0.1, 0.15) is 13.8 Å². The van der Waals surface area contributed by atoms with Gasteiger partial charge in [-0.25, -0.2) is 4.79 Å². The Morgan fingerprint density at radius 2 is 1.82 bits per heavy atom. The number of methoxy groups -OCH3 is 1. The van der Waals surface area contributed by atoms with E-state index < -0.39 is 18.0 Å². The average molecular weight is 245 g/mol. The van der Waals surface area contributed by atoms with E-state index in [4.69, 9.17) is 9.84 Å². The van der Waals surface area contributed by atoms with Crippen molar-refractivity contribution in [1.29, 1.82) is 0 Å². The van der Waals surface area contributed by atoms with Gasteiger partial charge in [-0.15, -0.1) is 0 Å². The fraction of sp³-hybridized carbons (Fsp3) is 0.636. The van der Waals surface area contributed by atoms with Crippen molar-refractivity contribution in [2.24, 2.45) is 0 Å². The number of ether oxygens (including phenoxy) is 1. The molecule has 1 atom stereocenters. The first-order valence-electron chi connectivity index (χ1n) is 5.14. The van der Waals surface area contributed by atoms with E-state index in [0.717, 1.165) is 0 Å². The van der Waals surface area contributed by atoms with E-state index in [1.807, 2.05) is 0 Å². The maximum absolute atomic E-state index is 11.8. The molecule has 0 aliphatic rings. The molecule has 1 amide bonds. The number of likely N-dealkylation sites (N-methyl/N-ethyl adjacent to an activating group) is 1. The molecule has 0 fully saturated rings. The van der Waals surface area contributed by atoms with Crippen LogP contribution in [0.15, 0.2) is 11.1 Å². The maximum atomic E-state index is 11.8. The zero-order chi connectivity index (χ0) is 13.6. The fourth-order valence-electron chi connectivity index (χ4n) is 1.25. The number of amides is 1. The van der Waals surface area contributed by atoms with Crippen LogP contribution in [0.5, 0.6) is 0 Å². The van der Waals surface area contributed by atoms with Crippen LogP contribution in [-0.4, -0.2) is 60.4 Å². The summed E-state index contributed by atoms with van der Waals surface area (Å²) in [6, 6.07) is 0. The van der Waals surface area contributed by atoms with Crippen molar-refractivity contribution >= 4 is 11.9 Å². The molecule has 0 rings (SSSR count). The molecular weight excluding hydrogens is 226 g/mol. The van der Waals surface area contributed by atoms with Crippen LogP contribution >= 0.6 is 0 Å². The van der Waals surface area contributed by atoms with Crippen LogP contribution in [0.2, 0.25) is 0 Å². The minimum atomic E-state index is -1.12. The SMILES string of the molecule is COCC(O)CN(C)C(=O)C(C)=C(C)C(=O)O. The quantitative estimate of drug-likeness (QED) is 0.637. The van der Waals surface area contributed by atoms with Crippen molar-refractivity contribution in [2.75, 3.05) is 27.3 Å². The van der Waals surface area contributed by atoms with Gasteiger partial charge in [-0.1, -0.05) is 0 Å². The molecule has 6 heteroatoms. The van der Waals surface area contributed by atoms with Crippen LogP contribution < -0.4 is 0 Å². The first-order valence-corrected chi connectivity index (χ1v) is 5.14. The summed E-state index contributed by atoms with van der Waals surface area (Å²) in [6.07, 6.45) is -0.785. The lowest BCUT2D eigenvalue weighted by molar-refractivity contribution is -0.134. The lowest BCUT2D eigenvalue weighted by atomic mass is 10.1. The number of carbonyl (C=O) groups excluding carboxylic acids is 1. The summed E-state index contributed by atoms with van der Waals surface area (Å²) >= 11 is 0. The lowest BCUT2D eigenvalue weighted by Crippen LogP contribution is -2.37. The van der Waals surface area contributed by atoms with Crippen LogP contribution in [0.25, 0.3) is 0 Å². The molecule has 0 heterocycles. The number of aliphatic carboxylic acids is 1. The number of carboxylic acids is 1. The normalized spacial score (nSPS) is 13.9. The van der Waals surface area contributed by atoms with Gasteiger partial charge in [-0.2, -0.15) is 0 Å². The molecular formula is C11H19NO5. The van der Waals surface area contributed by atoms with E-state index in [-0.39, 0.29) is 24.3 Å². The number of rotatable bonds is 6. The number of hydrogen-bond donors (Lipinski definition) is 2. The van der Waals surface area contributed by atoms with Crippen LogP contribution in [0, 0.1) is 0 Å². The van der Waals surface area contributed by atoms with E-state index in [9.17, 15) is 14.7 Å². The second-order valence-corrected chi connectivity index (χ2v) is 3.85. The van der Waals surface area contributed by atoms with E-state index in [1.54, 1.807) is 0 Å². The van der Waals surface area contributed by atoms with E-state index in [2.05, 4.69) is 0 Å². The Morgan fingerprint density at radius 3 is 2.24 bits per heavy atom. The molecule has 17 heavy (non-hydrogen) atoms. The topological polar surface area (TPSA) is 87.1 Å². The van der Waals surface area contributed by atoms with Crippen LogP contribution in [-0.2, 0) is 14.3 Å². The van der Waals surface area contributed by atoms with E-state index >= 15 is 0 Å². The summed E-state index contributed by atoms with van der Waals surface area (Å²) in [7, 11) is 2.95. The van der Waals surface area contributed by atoms with Crippen LogP contribution in [0.3, 0.4) is 0 Å². The Labute approximate surface area is 100 Å². The van der Waals surface area contributed by atoms with Gasteiger partial charge in [0.1, 0.15) is 0 Å². The Morgan fingerprint density at radius 1 is 1.29 bits per heavy atom. The average Bonchev–Trinajstić information content (AvgIpc) is 2.25. The molecule has 0 aromatic rings. The van der Waals surface area contributed by atoms with Gasteiger partial charge in [-0.05, 0) is 13.8 Å². The van der Waals surface area contributed by atoms with Crippen molar-refractivity contribution in [3.05, 3.63) is 11.1 Å². The molecule has 0 aliphatic heterocycles. The number of nitrogens with zero attached hydrogens (tertiary/aromatic N) is 1. The molecule has 0 spiro atoms. The second kappa shape index (κ2) is 7.03. The number of aliphatic hydroxyl groups excluding tert-OH is 1. The second-order valence-electron chi connectivity index (χ2n) is 3.85. The van der Waals surface area contributed by atoms with E-state index in [1.165, 1.54) is 32.9 Å². The minimum absolute atomic E-state index is 0.00285. The van der Waals surface area contributed by atoms with Gasteiger partial charge in [0, 0.05) is 31.8 Å². The molecule has 1 unspecified atom stereocenters. The molecule has 98 valence electrons. The third-order valence-corrected chi connectivity index (χ3v) is 2.39. The third kappa shape index (κ3) is 4.97. The Balaban J connectivity index is 4.61. The Hall–Kier alpha value is -1.40. The molecule has 6 nitrogen and oxygen atoms in total. The fourth-order valence-corrected chi connectivity index (χ4v) is 1.25. The highest BCUT2D eigenvalue weighted by Gasteiger charge is 2.18. The smallest absolute Gasteiger partial charge is 0.331 e. The number of aliphatic hydroxyl groups is 1. The molecule has 0 saturated heterocycles. The summed E-state index contributed by atoms with van der Waals surface area (Å²) in [5, 5.41) is 18.2. The summed E-state index contributed by atoms with van der Waals surface area (Å²) in [5.41, 5.74) is 0.160. The number of hydrogen-bond acceptors (Lipinski definition) is 4. The zero-order valence-corrected chi connectivity index (χ0v) is 10.6.